The molecule has 7 aromatic carbocycles. The van der Waals surface area contributed by atoms with Crippen LogP contribution in [0.1, 0.15) is 0 Å². The summed E-state index contributed by atoms with van der Waals surface area (Å²) in [6, 6.07) is 51.8. The van der Waals surface area contributed by atoms with E-state index in [1.165, 1.54) is 43.6 Å². The lowest BCUT2D eigenvalue weighted by Crippen LogP contribution is -2.01. The summed E-state index contributed by atoms with van der Waals surface area (Å²) in [5, 5.41) is 7.95. The van der Waals surface area contributed by atoms with Gasteiger partial charge in [-0.15, -0.1) is 0 Å². The van der Waals surface area contributed by atoms with Gasteiger partial charge in [-0.05, 0) is 46.3 Å². The van der Waals surface area contributed by atoms with E-state index in [9.17, 15) is 0 Å². The van der Waals surface area contributed by atoms with Gasteiger partial charge in [0.2, 0.25) is 0 Å². The Kier molecular flexibility index (Phi) is 5.00. The zero-order chi connectivity index (χ0) is 29.5. The van der Waals surface area contributed by atoms with E-state index < -0.39 is 0 Å². The standard InChI is InChI=1S/C42H25N3/c1-3-11-25(12-4-1)28-21-23-34-38(39-35(43-34)24-22-31-30-17-9-10-18-33(30)44-41(31)39)37(28)42-36(27-14-5-2-6-15-27)32-20-19-26-13-7-8-16-29(26)40(32)45-42/h1-24,45H. The molecule has 0 radical (unpaired) electrons. The van der Waals surface area contributed by atoms with Crippen LogP contribution in [0, 0.1) is 10.4 Å². The minimum atomic E-state index is 0.967. The monoisotopic (exact) mass is 571 g/mol. The SMILES string of the molecule is c1ccc(-c2ccc3c(c2-c2[nH]c4c(ccc5ccccc54)c2-c2ccccc2)-c2c4c(ccc2=N3)=c2ccccc2=N4)cc1. The highest BCUT2D eigenvalue weighted by atomic mass is 14.8. The fourth-order valence-electron chi connectivity index (χ4n) is 7.39. The maximum atomic E-state index is 5.22. The van der Waals surface area contributed by atoms with Crippen molar-refractivity contribution in [2.24, 2.45) is 9.98 Å². The van der Waals surface area contributed by atoms with Crippen LogP contribution in [0.25, 0.3) is 66.3 Å². The minimum Gasteiger partial charge on any atom is -0.353 e. The molecule has 3 heterocycles. The minimum absolute atomic E-state index is 0.967. The van der Waals surface area contributed by atoms with Crippen molar-refractivity contribution in [3.63, 3.8) is 0 Å². The Morgan fingerprint density at radius 3 is 2.04 bits per heavy atom. The lowest BCUT2D eigenvalue weighted by Gasteiger charge is -2.17. The zero-order valence-corrected chi connectivity index (χ0v) is 24.3. The van der Waals surface area contributed by atoms with E-state index in [-0.39, 0.29) is 0 Å². The van der Waals surface area contributed by atoms with Gasteiger partial charge in [0.15, 0.2) is 0 Å². The Labute approximate surface area is 258 Å². The predicted octanol–water partition coefficient (Wildman–Crippen LogP) is 9.81. The van der Waals surface area contributed by atoms with E-state index in [0.29, 0.717) is 0 Å². The fourth-order valence-corrected chi connectivity index (χ4v) is 7.39. The summed E-state index contributed by atoms with van der Waals surface area (Å²) in [6.07, 6.45) is 0. The molecule has 45 heavy (non-hydrogen) atoms. The summed E-state index contributed by atoms with van der Waals surface area (Å²) in [5.74, 6) is 0. The number of hydrogen-bond donors (Lipinski definition) is 1. The van der Waals surface area contributed by atoms with Crippen LogP contribution in [0.15, 0.2) is 156 Å². The molecule has 1 aromatic heterocycles. The molecular formula is C42H25N3. The van der Waals surface area contributed by atoms with Gasteiger partial charge < -0.3 is 4.98 Å². The Bertz CT molecular complexity index is 2740. The Morgan fingerprint density at radius 2 is 1.18 bits per heavy atom. The molecular weight excluding hydrogens is 546 g/mol. The van der Waals surface area contributed by atoms with Crippen LogP contribution in [-0.4, -0.2) is 4.98 Å². The number of fused-ring (bicyclic) bond motifs is 9. The van der Waals surface area contributed by atoms with Gasteiger partial charge in [-0.1, -0.05) is 121 Å². The first-order valence-corrected chi connectivity index (χ1v) is 15.4. The fraction of sp³-hybridized carbons (Fsp3) is 0. The van der Waals surface area contributed by atoms with Gasteiger partial charge in [-0.3, -0.25) is 0 Å². The average Bonchev–Trinajstić information content (AvgIpc) is 3.80. The van der Waals surface area contributed by atoms with Crippen molar-refractivity contribution in [2.45, 2.75) is 0 Å². The normalized spacial score (nSPS) is 12.4. The molecule has 0 aliphatic carbocycles. The summed E-state index contributed by atoms with van der Waals surface area (Å²) >= 11 is 0. The molecule has 2 aliphatic heterocycles. The van der Waals surface area contributed by atoms with Crippen molar-refractivity contribution in [1.82, 2.24) is 4.98 Å². The third-order valence-corrected chi connectivity index (χ3v) is 9.35. The smallest absolute Gasteiger partial charge is 0.0817 e. The number of nitrogens with one attached hydrogen (secondary N) is 1. The maximum absolute atomic E-state index is 5.22. The van der Waals surface area contributed by atoms with Crippen molar-refractivity contribution in [3.05, 3.63) is 167 Å². The van der Waals surface area contributed by atoms with Crippen LogP contribution in [0.3, 0.4) is 0 Å². The highest BCUT2D eigenvalue weighted by molar-refractivity contribution is 6.17. The average molecular weight is 572 g/mol. The van der Waals surface area contributed by atoms with Crippen LogP contribution in [0.5, 0.6) is 0 Å². The number of hydrogen-bond acceptors (Lipinski definition) is 2. The molecule has 3 heteroatoms. The van der Waals surface area contributed by atoms with Crippen LogP contribution < -0.4 is 10.7 Å². The Hall–Kier alpha value is -6.06. The second-order valence-electron chi connectivity index (χ2n) is 11.8. The highest BCUT2D eigenvalue weighted by Crippen LogP contribution is 2.52. The second-order valence-corrected chi connectivity index (χ2v) is 11.8. The second kappa shape index (κ2) is 9.22. The molecule has 1 N–H and O–H groups in total. The summed E-state index contributed by atoms with van der Waals surface area (Å²) < 4.78 is 0. The van der Waals surface area contributed by atoms with E-state index in [1.807, 2.05) is 0 Å². The van der Waals surface area contributed by atoms with Gasteiger partial charge in [0.25, 0.3) is 0 Å². The molecule has 0 bridgehead atoms. The van der Waals surface area contributed by atoms with E-state index in [0.717, 1.165) is 55.2 Å². The number of para-hydroxylation sites is 1. The number of rotatable bonds is 3. The number of aromatic amines is 1. The van der Waals surface area contributed by atoms with Gasteiger partial charge in [0.05, 0.1) is 33.3 Å². The van der Waals surface area contributed by atoms with E-state index in [4.69, 9.17) is 9.98 Å². The number of H-pyrrole nitrogens is 1. The van der Waals surface area contributed by atoms with E-state index in [2.05, 4.69) is 151 Å². The summed E-state index contributed by atoms with van der Waals surface area (Å²) in [7, 11) is 0. The van der Waals surface area contributed by atoms with Gasteiger partial charge >= 0.3 is 0 Å². The maximum Gasteiger partial charge on any atom is 0.0817 e. The van der Waals surface area contributed by atoms with Gasteiger partial charge in [0, 0.05) is 43.5 Å². The van der Waals surface area contributed by atoms with Crippen molar-refractivity contribution in [1.29, 1.82) is 0 Å². The Balaban J connectivity index is 1.40. The molecule has 0 unspecified atom stereocenters. The molecule has 0 saturated carbocycles. The van der Waals surface area contributed by atoms with Crippen molar-refractivity contribution < 1.29 is 0 Å². The van der Waals surface area contributed by atoms with Crippen molar-refractivity contribution in [3.8, 4) is 44.6 Å². The highest BCUT2D eigenvalue weighted by Gasteiger charge is 2.29. The topological polar surface area (TPSA) is 40.5 Å². The first-order chi connectivity index (χ1) is 22.3. The first kappa shape index (κ1) is 24.4. The van der Waals surface area contributed by atoms with Crippen LogP contribution in [-0.2, 0) is 0 Å². The summed E-state index contributed by atoms with van der Waals surface area (Å²) in [6.45, 7) is 0. The lowest BCUT2D eigenvalue weighted by atomic mass is 9.86. The lowest BCUT2D eigenvalue weighted by molar-refractivity contribution is 1.36. The molecule has 0 amide bonds. The van der Waals surface area contributed by atoms with Crippen LogP contribution >= 0.6 is 0 Å². The molecule has 8 aromatic rings. The number of nitrogens with zero attached hydrogens (tertiary/aromatic N) is 2. The Morgan fingerprint density at radius 1 is 0.422 bits per heavy atom. The summed E-state index contributed by atoms with van der Waals surface area (Å²) in [5.41, 5.74) is 12.3. The molecule has 3 nitrogen and oxygen atoms in total. The first-order valence-electron chi connectivity index (χ1n) is 15.4. The molecule has 0 saturated heterocycles. The number of benzene rings is 7. The van der Waals surface area contributed by atoms with Crippen molar-refractivity contribution >= 4 is 33.1 Å². The third-order valence-electron chi connectivity index (χ3n) is 9.35. The number of aromatic nitrogens is 1. The molecule has 208 valence electrons. The van der Waals surface area contributed by atoms with Crippen LogP contribution in [0.2, 0.25) is 0 Å². The molecule has 0 atom stereocenters. The zero-order valence-electron chi connectivity index (χ0n) is 24.3. The summed E-state index contributed by atoms with van der Waals surface area (Å²) in [4.78, 5) is 14.4. The molecule has 10 rings (SSSR count). The third kappa shape index (κ3) is 3.46. The quantitative estimate of drug-likeness (QED) is 0.219. The molecule has 0 fully saturated rings. The predicted molar refractivity (Wildman–Crippen MR) is 183 cm³/mol. The van der Waals surface area contributed by atoms with Crippen LogP contribution in [0.4, 0.5) is 11.4 Å². The van der Waals surface area contributed by atoms with Gasteiger partial charge in [-0.2, -0.15) is 0 Å². The van der Waals surface area contributed by atoms with Gasteiger partial charge in [-0.25, -0.2) is 9.98 Å². The molecule has 0 spiro atoms. The molecule has 2 aliphatic rings. The van der Waals surface area contributed by atoms with Crippen molar-refractivity contribution in [2.75, 3.05) is 0 Å². The largest absolute Gasteiger partial charge is 0.353 e. The van der Waals surface area contributed by atoms with E-state index >= 15 is 0 Å². The van der Waals surface area contributed by atoms with Gasteiger partial charge in [0.1, 0.15) is 0 Å². The van der Waals surface area contributed by atoms with E-state index in [1.54, 1.807) is 0 Å².